The molecule has 0 spiro atoms. The molecule has 0 aliphatic carbocycles. The third kappa shape index (κ3) is 2.98. The summed E-state index contributed by atoms with van der Waals surface area (Å²) in [6.07, 6.45) is 2.97. The van der Waals surface area contributed by atoms with E-state index in [0.717, 1.165) is 45.2 Å². The fraction of sp³-hybridized carbons (Fsp3) is 0.185. The topological polar surface area (TPSA) is 30.7 Å². The Kier molecular flexibility index (Phi) is 4.39. The molecule has 0 aliphatic rings. The summed E-state index contributed by atoms with van der Waals surface area (Å²) in [4.78, 5) is 4.77. The largest absolute Gasteiger partial charge is 0.255 e. The van der Waals surface area contributed by atoms with E-state index in [9.17, 15) is 0 Å². The molecular formula is C27H25N3. The van der Waals surface area contributed by atoms with Crippen molar-refractivity contribution in [3.05, 3.63) is 89.1 Å². The molecule has 30 heavy (non-hydrogen) atoms. The number of pyridine rings is 1. The Bertz CT molecular complexity index is 1390. The SMILES string of the molecule is CCc1ccc2ncc3c(-c4ccc(C)cc4)nn(-c4ccc(C)c(C)c4)c3c2c1. The van der Waals surface area contributed by atoms with Gasteiger partial charge in [-0.2, -0.15) is 5.10 Å². The molecule has 0 saturated carbocycles. The summed E-state index contributed by atoms with van der Waals surface area (Å²) in [5.74, 6) is 0. The van der Waals surface area contributed by atoms with Gasteiger partial charge in [0, 0.05) is 22.5 Å². The molecule has 0 unspecified atom stereocenters. The molecule has 0 amide bonds. The van der Waals surface area contributed by atoms with E-state index in [4.69, 9.17) is 10.1 Å². The summed E-state index contributed by atoms with van der Waals surface area (Å²) in [6, 6.07) is 21.7. The quantitative estimate of drug-likeness (QED) is 0.341. The summed E-state index contributed by atoms with van der Waals surface area (Å²) < 4.78 is 2.10. The maximum Gasteiger partial charge on any atom is 0.102 e. The maximum absolute atomic E-state index is 5.11. The first-order chi connectivity index (χ1) is 14.5. The molecule has 0 aliphatic heterocycles. The Hall–Kier alpha value is -3.46. The minimum atomic E-state index is 0.972. The number of rotatable bonds is 3. The summed E-state index contributed by atoms with van der Waals surface area (Å²) in [5.41, 5.74) is 10.4. The number of fused-ring (bicyclic) bond motifs is 3. The third-order valence-electron chi connectivity index (χ3n) is 6.04. The Labute approximate surface area is 177 Å². The predicted octanol–water partition coefficient (Wildman–Crippen LogP) is 6.73. The van der Waals surface area contributed by atoms with Crippen LogP contribution in [0.5, 0.6) is 0 Å². The lowest BCUT2D eigenvalue weighted by Crippen LogP contribution is -1.99. The van der Waals surface area contributed by atoms with Gasteiger partial charge in [0.2, 0.25) is 0 Å². The highest BCUT2D eigenvalue weighted by Gasteiger charge is 2.17. The zero-order chi connectivity index (χ0) is 20.8. The Balaban J connectivity index is 1.89. The van der Waals surface area contributed by atoms with E-state index in [2.05, 4.69) is 93.0 Å². The molecule has 3 nitrogen and oxygen atoms in total. The van der Waals surface area contributed by atoms with Gasteiger partial charge in [-0.05, 0) is 68.1 Å². The van der Waals surface area contributed by atoms with E-state index >= 15 is 0 Å². The lowest BCUT2D eigenvalue weighted by molar-refractivity contribution is 0.915. The van der Waals surface area contributed by atoms with E-state index in [1.54, 1.807) is 0 Å². The molecule has 5 rings (SSSR count). The van der Waals surface area contributed by atoms with E-state index < -0.39 is 0 Å². The van der Waals surface area contributed by atoms with E-state index in [1.807, 2.05) is 6.20 Å². The highest BCUT2D eigenvalue weighted by Crippen LogP contribution is 2.34. The number of hydrogen-bond acceptors (Lipinski definition) is 2. The van der Waals surface area contributed by atoms with Crippen molar-refractivity contribution in [3.63, 3.8) is 0 Å². The van der Waals surface area contributed by atoms with Gasteiger partial charge in [-0.1, -0.05) is 48.9 Å². The van der Waals surface area contributed by atoms with Gasteiger partial charge in [-0.15, -0.1) is 0 Å². The fourth-order valence-electron chi connectivity index (χ4n) is 4.02. The van der Waals surface area contributed by atoms with Crippen LogP contribution in [0.15, 0.2) is 66.9 Å². The summed E-state index contributed by atoms with van der Waals surface area (Å²) in [7, 11) is 0. The average Bonchev–Trinajstić information content (AvgIpc) is 3.16. The van der Waals surface area contributed by atoms with Gasteiger partial charge < -0.3 is 0 Å². The fourth-order valence-corrected chi connectivity index (χ4v) is 4.02. The number of benzene rings is 3. The van der Waals surface area contributed by atoms with Gasteiger partial charge in [0.15, 0.2) is 0 Å². The molecule has 0 fully saturated rings. The van der Waals surface area contributed by atoms with Crippen LogP contribution in [0.2, 0.25) is 0 Å². The van der Waals surface area contributed by atoms with Crippen LogP contribution < -0.4 is 0 Å². The Morgan fingerprint density at radius 3 is 2.33 bits per heavy atom. The normalized spacial score (nSPS) is 11.5. The standard InChI is InChI=1S/C27H25N3/c1-5-20-9-13-25-23(15-20)27-24(16-28-25)26(21-10-6-17(2)7-11-21)29-30(27)22-12-8-18(3)19(4)14-22/h6-16H,5H2,1-4H3. The van der Waals surface area contributed by atoms with Crippen LogP contribution in [0.3, 0.4) is 0 Å². The van der Waals surface area contributed by atoms with Crippen LogP contribution in [0.4, 0.5) is 0 Å². The van der Waals surface area contributed by atoms with Crippen molar-refractivity contribution in [3.8, 4) is 16.9 Å². The number of aryl methyl sites for hydroxylation is 4. The van der Waals surface area contributed by atoms with Gasteiger partial charge in [0.05, 0.1) is 16.7 Å². The number of nitrogens with zero attached hydrogens (tertiary/aromatic N) is 3. The Morgan fingerprint density at radius 1 is 0.800 bits per heavy atom. The lowest BCUT2D eigenvalue weighted by Gasteiger charge is -2.09. The van der Waals surface area contributed by atoms with Crippen molar-refractivity contribution in [1.82, 2.24) is 14.8 Å². The van der Waals surface area contributed by atoms with Gasteiger partial charge >= 0.3 is 0 Å². The molecule has 2 heterocycles. The first kappa shape index (κ1) is 18.6. The highest BCUT2D eigenvalue weighted by molar-refractivity contribution is 6.09. The van der Waals surface area contributed by atoms with Crippen LogP contribution in [-0.2, 0) is 6.42 Å². The van der Waals surface area contributed by atoms with E-state index in [-0.39, 0.29) is 0 Å². The van der Waals surface area contributed by atoms with Gasteiger partial charge in [0.25, 0.3) is 0 Å². The molecule has 5 aromatic rings. The minimum Gasteiger partial charge on any atom is -0.255 e. The summed E-state index contributed by atoms with van der Waals surface area (Å²) in [5, 5.41) is 7.34. The van der Waals surface area contributed by atoms with Crippen LogP contribution >= 0.6 is 0 Å². The number of aromatic nitrogens is 3. The molecule has 0 saturated heterocycles. The highest BCUT2D eigenvalue weighted by atomic mass is 15.3. The molecule has 0 bridgehead atoms. The Morgan fingerprint density at radius 2 is 1.60 bits per heavy atom. The third-order valence-corrected chi connectivity index (χ3v) is 6.04. The maximum atomic E-state index is 5.11. The minimum absolute atomic E-state index is 0.972. The van der Waals surface area contributed by atoms with Crippen molar-refractivity contribution in [2.24, 2.45) is 0 Å². The average molecular weight is 392 g/mol. The second-order valence-corrected chi connectivity index (χ2v) is 8.12. The zero-order valence-corrected chi connectivity index (χ0v) is 17.9. The van der Waals surface area contributed by atoms with Crippen molar-refractivity contribution >= 4 is 21.8 Å². The van der Waals surface area contributed by atoms with Crippen molar-refractivity contribution in [2.75, 3.05) is 0 Å². The molecule has 3 aromatic carbocycles. The molecule has 3 heteroatoms. The van der Waals surface area contributed by atoms with E-state index in [1.165, 1.54) is 22.3 Å². The second-order valence-electron chi connectivity index (χ2n) is 8.12. The summed E-state index contributed by atoms with van der Waals surface area (Å²) >= 11 is 0. The molecule has 0 radical (unpaired) electrons. The van der Waals surface area contributed by atoms with E-state index in [0.29, 0.717) is 0 Å². The molecule has 0 N–H and O–H groups in total. The van der Waals surface area contributed by atoms with Crippen molar-refractivity contribution < 1.29 is 0 Å². The van der Waals surface area contributed by atoms with Crippen molar-refractivity contribution in [1.29, 1.82) is 0 Å². The van der Waals surface area contributed by atoms with Gasteiger partial charge in [-0.25, -0.2) is 4.68 Å². The van der Waals surface area contributed by atoms with Crippen LogP contribution in [0, 0.1) is 20.8 Å². The smallest absolute Gasteiger partial charge is 0.102 e. The molecular weight excluding hydrogens is 366 g/mol. The number of hydrogen-bond donors (Lipinski definition) is 0. The van der Waals surface area contributed by atoms with Crippen LogP contribution in [0.25, 0.3) is 38.8 Å². The van der Waals surface area contributed by atoms with Gasteiger partial charge in [0.1, 0.15) is 5.69 Å². The van der Waals surface area contributed by atoms with Crippen LogP contribution in [0.1, 0.15) is 29.2 Å². The second kappa shape index (κ2) is 7.10. The van der Waals surface area contributed by atoms with Gasteiger partial charge in [-0.3, -0.25) is 4.98 Å². The first-order valence-electron chi connectivity index (χ1n) is 10.5. The zero-order valence-electron chi connectivity index (χ0n) is 17.9. The molecule has 0 atom stereocenters. The predicted molar refractivity (Wildman–Crippen MR) is 125 cm³/mol. The molecule has 148 valence electrons. The van der Waals surface area contributed by atoms with Crippen molar-refractivity contribution in [2.45, 2.75) is 34.1 Å². The monoisotopic (exact) mass is 391 g/mol. The van der Waals surface area contributed by atoms with Crippen LogP contribution in [-0.4, -0.2) is 14.8 Å². The summed E-state index contributed by atoms with van der Waals surface area (Å²) in [6.45, 7) is 8.59. The first-order valence-corrected chi connectivity index (χ1v) is 10.5. The molecule has 2 aromatic heterocycles. The lowest BCUT2D eigenvalue weighted by atomic mass is 10.0.